The summed E-state index contributed by atoms with van der Waals surface area (Å²) in [6.07, 6.45) is 6.38. The molecular weight excluding hydrogens is 459 g/mol. The van der Waals surface area contributed by atoms with Crippen molar-refractivity contribution in [3.63, 3.8) is 0 Å². The van der Waals surface area contributed by atoms with E-state index in [1.165, 1.54) is 6.08 Å². The van der Waals surface area contributed by atoms with Crippen LogP contribution in [0.15, 0.2) is 73.7 Å². The van der Waals surface area contributed by atoms with E-state index < -0.39 is 0 Å². The third kappa shape index (κ3) is 5.28. The molecule has 0 radical (unpaired) electrons. The molecule has 1 aromatic carbocycles. The van der Waals surface area contributed by atoms with E-state index in [4.69, 9.17) is 4.98 Å². The van der Waals surface area contributed by atoms with Crippen molar-refractivity contribution in [2.24, 2.45) is 0 Å². The van der Waals surface area contributed by atoms with Crippen molar-refractivity contribution in [2.75, 3.05) is 42.3 Å². The quantitative estimate of drug-likeness (QED) is 0.306. The number of likely N-dealkylation sites (tertiary alicyclic amines) is 1. The Morgan fingerprint density at radius 3 is 2.78 bits per heavy atom. The van der Waals surface area contributed by atoms with Crippen molar-refractivity contribution in [3.8, 4) is 11.3 Å². The minimum absolute atomic E-state index is 0.279. The molecule has 4 aromatic rings. The summed E-state index contributed by atoms with van der Waals surface area (Å²) in [4.78, 5) is 31.9. The number of nitrogens with one attached hydrogen (secondary N) is 3. The number of aromatic nitrogens is 4. The minimum atomic E-state index is -0.319. The van der Waals surface area contributed by atoms with E-state index in [0.717, 1.165) is 35.5 Å². The number of carbonyl (C=O) groups excluding carboxylic acids is 1. The topological polar surface area (TPSA) is 108 Å². The molecule has 0 unspecified atom stereocenters. The second-order valence-electron chi connectivity index (χ2n) is 8.41. The molecular formula is C26H25FN8O. The second kappa shape index (κ2) is 10.4. The second-order valence-corrected chi connectivity index (χ2v) is 8.41. The van der Waals surface area contributed by atoms with Crippen molar-refractivity contribution in [1.82, 2.24) is 24.8 Å². The summed E-state index contributed by atoms with van der Waals surface area (Å²) in [7, 11) is 0. The lowest BCUT2D eigenvalue weighted by molar-refractivity contribution is -0.111. The minimum Gasteiger partial charge on any atom is -0.365 e. The first-order chi connectivity index (χ1) is 17.6. The van der Waals surface area contributed by atoms with Crippen LogP contribution in [-0.4, -0.2) is 63.1 Å². The fourth-order valence-electron chi connectivity index (χ4n) is 4.02. The van der Waals surface area contributed by atoms with Gasteiger partial charge in [0.25, 0.3) is 0 Å². The largest absolute Gasteiger partial charge is 0.365 e. The van der Waals surface area contributed by atoms with Crippen LogP contribution in [0, 0.1) is 0 Å². The van der Waals surface area contributed by atoms with Crippen LogP contribution < -0.4 is 16.0 Å². The Balaban J connectivity index is 1.32. The summed E-state index contributed by atoms with van der Waals surface area (Å²) in [5.41, 5.74) is 3.54. The van der Waals surface area contributed by atoms with Crippen LogP contribution in [0.2, 0.25) is 0 Å². The van der Waals surface area contributed by atoms with E-state index in [1.54, 1.807) is 24.7 Å². The predicted molar refractivity (Wildman–Crippen MR) is 139 cm³/mol. The Hall–Kier alpha value is -4.44. The van der Waals surface area contributed by atoms with Crippen LogP contribution in [-0.2, 0) is 4.79 Å². The average molecular weight is 485 g/mol. The number of hydrogen-bond acceptors (Lipinski definition) is 8. The molecule has 1 saturated heterocycles. The molecule has 4 heterocycles. The first-order valence-corrected chi connectivity index (χ1v) is 11.5. The molecule has 0 bridgehead atoms. The number of carbonyl (C=O) groups is 1. The van der Waals surface area contributed by atoms with Crippen LogP contribution in [0.5, 0.6) is 0 Å². The maximum absolute atomic E-state index is 12.4. The van der Waals surface area contributed by atoms with Crippen LogP contribution >= 0.6 is 0 Å². The number of benzene rings is 1. The van der Waals surface area contributed by atoms with Gasteiger partial charge in [-0.25, -0.2) is 19.3 Å². The van der Waals surface area contributed by atoms with Gasteiger partial charge in [-0.05, 0) is 36.4 Å². The van der Waals surface area contributed by atoms with Crippen LogP contribution in [0.3, 0.4) is 0 Å². The first-order valence-electron chi connectivity index (χ1n) is 11.5. The Bertz CT molecular complexity index is 1390. The zero-order chi connectivity index (χ0) is 24.9. The maximum Gasteiger partial charge on any atom is 0.247 e. The normalized spacial score (nSPS) is 13.7. The lowest BCUT2D eigenvalue weighted by atomic mass is 10.1. The van der Waals surface area contributed by atoms with Gasteiger partial charge in [0, 0.05) is 48.7 Å². The van der Waals surface area contributed by atoms with Crippen molar-refractivity contribution in [3.05, 3.63) is 73.7 Å². The van der Waals surface area contributed by atoms with Gasteiger partial charge in [0.2, 0.25) is 11.9 Å². The first kappa shape index (κ1) is 23.3. The van der Waals surface area contributed by atoms with Gasteiger partial charge in [-0.3, -0.25) is 14.7 Å². The molecule has 36 heavy (non-hydrogen) atoms. The Morgan fingerprint density at radius 1 is 1.11 bits per heavy atom. The number of hydrogen-bond donors (Lipinski definition) is 3. The molecule has 1 aliphatic rings. The Labute approximate surface area is 207 Å². The molecule has 9 nitrogen and oxygen atoms in total. The van der Waals surface area contributed by atoms with Gasteiger partial charge in [-0.15, -0.1) is 0 Å². The number of nitrogens with zero attached hydrogens (tertiary/aromatic N) is 5. The molecule has 0 saturated carbocycles. The smallest absolute Gasteiger partial charge is 0.247 e. The third-order valence-corrected chi connectivity index (χ3v) is 5.82. The molecule has 182 valence electrons. The van der Waals surface area contributed by atoms with Gasteiger partial charge in [0.05, 0.1) is 23.6 Å². The van der Waals surface area contributed by atoms with Gasteiger partial charge < -0.3 is 16.0 Å². The summed E-state index contributed by atoms with van der Waals surface area (Å²) in [5, 5.41) is 10.2. The fourth-order valence-corrected chi connectivity index (χ4v) is 4.02. The summed E-state index contributed by atoms with van der Waals surface area (Å²) < 4.78 is 12.4. The number of fused-ring (bicyclic) bond motifs is 1. The number of halogens is 1. The van der Waals surface area contributed by atoms with Crippen molar-refractivity contribution < 1.29 is 9.18 Å². The molecule has 3 aromatic heterocycles. The third-order valence-electron chi connectivity index (χ3n) is 5.82. The maximum atomic E-state index is 12.4. The van der Waals surface area contributed by atoms with E-state index in [-0.39, 0.29) is 18.6 Å². The number of alkyl halides is 1. The molecule has 10 heteroatoms. The van der Waals surface area contributed by atoms with Crippen LogP contribution in [0.4, 0.5) is 27.5 Å². The zero-order valence-corrected chi connectivity index (χ0v) is 19.5. The molecule has 0 aliphatic carbocycles. The lowest BCUT2D eigenvalue weighted by Gasteiger charge is -2.39. The fraction of sp³-hybridized carbons (Fsp3) is 0.192. The Kier molecular flexibility index (Phi) is 6.76. The summed E-state index contributed by atoms with van der Waals surface area (Å²) in [6, 6.07) is 13.3. The van der Waals surface area contributed by atoms with Gasteiger partial charge >= 0.3 is 0 Å². The summed E-state index contributed by atoms with van der Waals surface area (Å²) >= 11 is 0. The van der Waals surface area contributed by atoms with E-state index in [0.29, 0.717) is 29.4 Å². The number of amides is 1. The molecule has 3 N–H and O–H groups in total. The highest BCUT2D eigenvalue weighted by Gasteiger charge is 2.26. The number of anilines is 4. The standard InChI is InChI=1S/C26H25FN8O/c1-2-23(36)32-19-5-3-4-17(12-19)24-25-18(8-10-28-24)13-30-26(34-25)33-20-6-7-22(29-14-20)31-21-15-35(16-21)11-9-27/h2-8,10,12-14,21H,1,9,11,15-16H2,(H,29,31)(H,32,36)(H,30,33,34). The van der Waals surface area contributed by atoms with Crippen molar-refractivity contribution in [2.45, 2.75) is 6.04 Å². The lowest BCUT2D eigenvalue weighted by Crippen LogP contribution is -2.55. The summed E-state index contributed by atoms with van der Waals surface area (Å²) in [5.74, 6) is 0.893. The zero-order valence-electron chi connectivity index (χ0n) is 19.5. The Morgan fingerprint density at radius 2 is 2.00 bits per heavy atom. The monoisotopic (exact) mass is 484 g/mol. The highest BCUT2D eigenvalue weighted by atomic mass is 19.1. The van der Waals surface area contributed by atoms with E-state index >= 15 is 0 Å². The van der Waals surface area contributed by atoms with Crippen LogP contribution in [0.1, 0.15) is 0 Å². The van der Waals surface area contributed by atoms with E-state index in [1.807, 2.05) is 36.4 Å². The number of rotatable bonds is 9. The predicted octanol–water partition coefficient (Wildman–Crippen LogP) is 4.02. The van der Waals surface area contributed by atoms with Gasteiger partial charge in [-0.2, -0.15) is 0 Å². The van der Waals surface area contributed by atoms with E-state index in [2.05, 4.69) is 42.4 Å². The molecule has 1 fully saturated rings. The summed E-state index contributed by atoms with van der Waals surface area (Å²) in [6.45, 7) is 5.28. The molecule has 0 atom stereocenters. The van der Waals surface area contributed by atoms with Gasteiger partial charge in [-0.1, -0.05) is 18.7 Å². The highest BCUT2D eigenvalue weighted by Crippen LogP contribution is 2.28. The molecule has 0 spiro atoms. The van der Waals surface area contributed by atoms with Crippen molar-refractivity contribution in [1.29, 1.82) is 0 Å². The van der Waals surface area contributed by atoms with Gasteiger partial charge in [0.1, 0.15) is 18.0 Å². The van der Waals surface area contributed by atoms with E-state index in [9.17, 15) is 9.18 Å². The average Bonchev–Trinajstić information content (AvgIpc) is 2.88. The van der Waals surface area contributed by atoms with Crippen molar-refractivity contribution >= 4 is 40.0 Å². The molecule has 5 rings (SSSR count). The SMILES string of the molecule is C=CC(=O)Nc1cccc(-c2nccc3cnc(Nc4ccc(NC5CN(CCF)C5)nc4)nc23)c1. The molecule has 1 aliphatic heterocycles. The highest BCUT2D eigenvalue weighted by molar-refractivity contribution is 5.99. The van der Waals surface area contributed by atoms with Gasteiger partial charge in [0.15, 0.2) is 0 Å². The number of pyridine rings is 2. The molecule has 1 amide bonds. The van der Waals surface area contributed by atoms with Crippen LogP contribution in [0.25, 0.3) is 22.2 Å².